The first kappa shape index (κ1) is 14.2. The SMILES string of the molecule is OCC1CCCN(Cc2coc(-c3ccc(F)cc3)n2)C1. The largest absolute Gasteiger partial charge is 0.444 e. The van der Waals surface area contributed by atoms with Crippen LogP contribution >= 0.6 is 0 Å². The zero-order chi connectivity index (χ0) is 14.7. The van der Waals surface area contributed by atoms with Crippen LogP contribution in [0, 0.1) is 11.7 Å². The second kappa shape index (κ2) is 6.37. The van der Waals surface area contributed by atoms with Gasteiger partial charge in [-0.05, 0) is 49.6 Å². The van der Waals surface area contributed by atoms with E-state index in [-0.39, 0.29) is 12.4 Å². The molecule has 1 unspecified atom stereocenters. The molecule has 3 rings (SSSR count). The molecule has 2 aromatic rings. The Balaban J connectivity index is 1.66. The number of hydrogen-bond donors (Lipinski definition) is 1. The number of halogens is 1. The molecule has 1 saturated heterocycles. The fourth-order valence-electron chi connectivity index (χ4n) is 2.78. The Labute approximate surface area is 123 Å². The lowest BCUT2D eigenvalue weighted by atomic mass is 9.99. The maximum atomic E-state index is 12.9. The summed E-state index contributed by atoms with van der Waals surface area (Å²) < 4.78 is 18.4. The summed E-state index contributed by atoms with van der Waals surface area (Å²) in [6.07, 6.45) is 3.85. The van der Waals surface area contributed by atoms with Crippen molar-refractivity contribution in [3.63, 3.8) is 0 Å². The second-order valence-corrected chi connectivity index (χ2v) is 5.58. The minimum Gasteiger partial charge on any atom is -0.444 e. The minimum atomic E-state index is -0.270. The summed E-state index contributed by atoms with van der Waals surface area (Å²) in [4.78, 5) is 6.75. The average Bonchev–Trinajstić information content (AvgIpc) is 2.96. The van der Waals surface area contributed by atoms with Gasteiger partial charge in [0.1, 0.15) is 12.1 Å². The zero-order valence-electron chi connectivity index (χ0n) is 11.8. The van der Waals surface area contributed by atoms with Gasteiger partial charge in [-0.15, -0.1) is 0 Å². The molecular formula is C16H19FN2O2. The van der Waals surface area contributed by atoms with Crippen molar-refractivity contribution in [1.29, 1.82) is 0 Å². The Hall–Kier alpha value is -1.72. The molecule has 1 aromatic heterocycles. The molecule has 1 fully saturated rings. The number of aliphatic hydroxyl groups is 1. The Morgan fingerprint density at radius 1 is 1.33 bits per heavy atom. The first-order chi connectivity index (χ1) is 10.2. The maximum absolute atomic E-state index is 12.9. The predicted molar refractivity (Wildman–Crippen MR) is 77.0 cm³/mol. The normalized spacial score (nSPS) is 19.8. The van der Waals surface area contributed by atoms with Crippen LogP contribution in [0.3, 0.4) is 0 Å². The van der Waals surface area contributed by atoms with Crippen molar-refractivity contribution in [2.75, 3.05) is 19.7 Å². The molecular weight excluding hydrogens is 271 g/mol. The molecule has 0 amide bonds. The topological polar surface area (TPSA) is 49.5 Å². The van der Waals surface area contributed by atoms with Crippen LogP contribution in [0.25, 0.3) is 11.5 Å². The molecule has 4 nitrogen and oxygen atoms in total. The van der Waals surface area contributed by atoms with E-state index < -0.39 is 0 Å². The van der Waals surface area contributed by atoms with Gasteiger partial charge in [0.25, 0.3) is 0 Å². The summed E-state index contributed by atoms with van der Waals surface area (Å²) in [5.74, 6) is 0.608. The molecule has 5 heteroatoms. The fourth-order valence-corrected chi connectivity index (χ4v) is 2.78. The monoisotopic (exact) mass is 290 g/mol. The van der Waals surface area contributed by atoms with Crippen LogP contribution < -0.4 is 0 Å². The molecule has 1 N–H and O–H groups in total. The van der Waals surface area contributed by atoms with E-state index in [0.717, 1.165) is 43.7 Å². The Morgan fingerprint density at radius 3 is 2.90 bits per heavy atom. The van der Waals surface area contributed by atoms with Gasteiger partial charge in [-0.2, -0.15) is 0 Å². The Morgan fingerprint density at radius 2 is 2.14 bits per heavy atom. The van der Waals surface area contributed by atoms with E-state index in [9.17, 15) is 9.50 Å². The minimum absolute atomic E-state index is 0.246. The number of aromatic nitrogens is 1. The molecule has 1 atom stereocenters. The number of rotatable bonds is 4. The van der Waals surface area contributed by atoms with Crippen LogP contribution in [-0.2, 0) is 6.54 Å². The van der Waals surface area contributed by atoms with E-state index in [1.54, 1.807) is 18.4 Å². The van der Waals surface area contributed by atoms with Crippen molar-refractivity contribution in [2.24, 2.45) is 5.92 Å². The van der Waals surface area contributed by atoms with Crippen LogP contribution in [0.2, 0.25) is 0 Å². The molecule has 0 saturated carbocycles. The molecule has 1 aliphatic heterocycles. The van der Waals surface area contributed by atoms with Crippen LogP contribution in [0.4, 0.5) is 4.39 Å². The Bertz CT molecular complexity index is 582. The van der Waals surface area contributed by atoms with E-state index >= 15 is 0 Å². The molecule has 2 heterocycles. The van der Waals surface area contributed by atoms with Gasteiger partial charge in [0.05, 0.1) is 5.69 Å². The third-order valence-corrected chi connectivity index (χ3v) is 3.89. The maximum Gasteiger partial charge on any atom is 0.226 e. The van der Waals surface area contributed by atoms with E-state index in [4.69, 9.17) is 4.42 Å². The number of benzene rings is 1. The highest BCUT2D eigenvalue weighted by molar-refractivity contribution is 5.52. The van der Waals surface area contributed by atoms with E-state index in [1.807, 2.05) is 0 Å². The lowest BCUT2D eigenvalue weighted by Crippen LogP contribution is -2.36. The van der Waals surface area contributed by atoms with Gasteiger partial charge in [0.2, 0.25) is 5.89 Å². The van der Waals surface area contributed by atoms with Crippen molar-refractivity contribution in [1.82, 2.24) is 9.88 Å². The summed E-state index contributed by atoms with van der Waals surface area (Å²) >= 11 is 0. The fraction of sp³-hybridized carbons (Fsp3) is 0.438. The summed E-state index contributed by atoms with van der Waals surface area (Å²) in [6, 6.07) is 6.12. The van der Waals surface area contributed by atoms with E-state index in [2.05, 4.69) is 9.88 Å². The third kappa shape index (κ3) is 3.49. The number of oxazole rings is 1. The number of hydrogen-bond acceptors (Lipinski definition) is 4. The number of likely N-dealkylation sites (tertiary alicyclic amines) is 1. The molecule has 0 spiro atoms. The van der Waals surface area contributed by atoms with Crippen molar-refractivity contribution >= 4 is 0 Å². The van der Waals surface area contributed by atoms with Crippen LogP contribution in [-0.4, -0.2) is 34.7 Å². The number of piperidine rings is 1. The molecule has 112 valence electrons. The van der Waals surface area contributed by atoms with Gasteiger partial charge in [-0.1, -0.05) is 0 Å². The van der Waals surface area contributed by atoms with Crippen molar-refractivity contribution in [2.45, 2.75) is 19.4 Å². The van der Waals surface area contributed by atoms with Gasteiger partial charge in [-0.25, -0.2) is 9.37 Å². The second-order valence-electron chi connectivity index (χ2n) is 5.58. The van der Waals surface area contributed by atoms with Gasteiger partial charge in [0.15, 0.2) is 0 Å². The van der Waals surface area contributed by atoms with Gasteiger partial charge in [-0.3, -0.25) is 4.90 Å². The summed E-state index contributed by atoms with van der Waals surface area (Å²) in [5, 5.41) is 9.26. The molecule has 21 heavy (non-hydrogen) atoms. The number of nitrogens with zero attached hydrogens (tertiary/aromatic N) is 2. The van der Waals surface area contributed by atoms with E-state index in [1.165, 1.54) is 12.1 Å². The zero-order valence-corrected chi connectivity index (χ0v) is 11.8. The molecule has 0 radical (unpaired) electrons. The predicted octanol–water partition coefficient (Wildman–Crippen LogP) is 2.69. The average molecular weight is 290 g/mol. The van der Waals surface area contributed by atoms with Crippen LogP contribution in [0.1, 0.15) is 18.5 Å². The lowest BCUT2D eigenvalue weighted by molar-refractivity contribution is 0.115. The quantitative estimate of drug-likeness (QED) is 0.940. The third-order valence-electron chi connectivity index (χ3n) is 3.89. The highest BCUT2D eigenvalue weighted by atomic mass is 19.1. The van der Waals surface area contributed by atoms with Crippen molar-refractivity contribution in [3.05, 3.63) is 42.0 Å². The van der Waals surface area contributed by atoms with Gasteiger partial charge in [0, 0.05) is 25.3 Å². The van der Waals surface area contributed by atoms with Crippen LogP contribution in [0.15, 0.2) is 34.9 Å². The van der Waals surface area contributed by atoms with Gasteiger partial charge < -0.3 is 9.52 Å². The van der Waals surface area contributed by atoms with Gasteiger partial charge >= 0.3 is 0 Å². The van der Waals surface area contributed by atoms with E-state index in [0.29, 0.717) is 11.8 Å². The smallest absolute Gasteiger partial charge is 0.226 e. The van der Waals surface area contributed by atoms with Crippen molar-refractivity contribution < 1.29 is 13.9 Å². The standard InChI is InChI=1S/C16H19FN2O2/c17-14-5-3-13(4-6-14)16-18-15(11-21-16)9-19-7-1-2-12(8-19)10-20/h3-6,11-12,20H,1-2,7-10H2. The van der Waals surface area contributed by atoms with Crippen molar-refractivity contribution in [3.8, 4) is 11.5 Å². The first-order valence-electron chi connectivity index (χ1n) is 7.28. The molecule has 1 aliphatic rings. The molecule has 0 aliphatic carbocycles. The summed E-state index contributed by atoms with van der Waals surface area (Å²) in [5.41, 5.74) is 1.64. The highest BCUT2D eigenvalue weighted by Crippen LogP contribution is 2.21. The summed E-state index contributed by atoms with van der Waals surface area (Å²) in [7, 11) is 0. The summed E-state index contributed by atoms with van der Waals surface area (Å²) in [6.45, 7) is 2.89. The molecule has 0 bridgehead atoms. The lowest BCUT2D eigenvalue weighted by Gasteiger charge is -2.30. The number of aliphatic hydroxyl groups excluding tert-OH is 1. The Kier molecular flexibility index (Phi) is 4.31. The first-order valence-corrected chi connectivity index (χ1v) is 7.28. The molecule has 1 aromatic carbocycles. The van der Waals surface area contributed by atoms with Crippen LogP contribution in [0.5, 0.6) is 0 Å². The highest BCUT2D eigenvalue weighted by Gasteiger charge is 2.20.